The molecule has 0 radical (unpaired) electrons. The Labute approximate surface area is 166 Å². The van der Waals surface area contributed by atoms with E-state index in [1.54, 1.807) is 12.3 Å². The summed E-state index contributed by atoms with van der Waals surface area (Å²) in [7, 11) is 1.87. The molecule has 3 aromatic rings. The van der Waals surface area contributed by atoms with E-state index in [-0.39, 0.29) is 11.9 Å². The fraction of sp³-hybridized carbons (Fsp3) is 0.450. The van der Waals surface area contributed by atoms with Gasteiger partial charge in [-0.2, -0.15) is 0 Å². The number of carbonyl (C=O) groups excluding carboxylic acids is 1. The van der Waals surface area contributed by atoms with E-state index >= 15 is 0 Å². The predicted molar refractivity (Wildman–Crippen MR) is 107 cm³/mol. The SMILES string of the molecule is CC1CCN(C(CNC(=O)c2cc3oc(Br)cc3n2C)c2ccco2)CC1. The molecule has 1 aliphatic heterocycles. The van der Waals surface area contributed by atoms with E-state index in [1.165, 1.54) is 12.8 Å². The second-order valence-electron chi connectivity index (χ2n) is 7.35. The maximum Gasteiger partial charge on any atom is 0.268 e. The summed E-state index contributed by atoms with van der Waals surface area (Å²) in [6.45, 7) is 4.85. The van der Waals surface area contributed by atoms with Crippen molar-refractivity contribution >= 4 is 32.9 Å². The molecule has 0 saturated carbocycles. The van der Waals surface area contributed by atoms with Crippen molar-refractivity contribution in [1.29, 1.82) is 0 Å². The Morgan fingerprint density at radius 2 is 2.15 bits per heavy atom. The van der Waals surface area contributed by atoms with E-state index in [1.807, 2.05) is 29.8 Å². The van der Waals surface area contributed by atoms with Gasteiger partial charge in [0.15, 0.2) is 10.3 Å². The molecule has 1 unspecified atom stereocenters. The summed E-state index contributed by atoms with van der Waals surface area (Å²) in [6, 6.07) is 7.59. The molecule has 1 saturated heterocycles. The number of furan rings is 2. The first-order chi connectivity index (χ1) is 13.0. The number of piperidine rings is 1. The van der Waals surface area contributed by atoms with Crippen LogP contribution in [0, 0.1) is 5.92 Å². The summed E-state index contributed by atoms with van der Waals surface area (Å²) in [4.78, 5) is 15.2. The third-order valence-electron chi connectivity index (χ3n) is 5.52. The first kappa shape index (κ1) is 18.4. The molecule has 0 aromatic carbocycles. The standard InChI is InChI=1S/C20H24BrN3O3/c1-13-5-7-24(8-6-13)16(17-4-3-9-26-17)12-22-20(25)15-10-18-14(23(15)2)11-19(21)27-18/h3-4,9-11,13,16H,5-8,12H2,1-2H3,(H,22,25). The van der Waals surface area contributed by atoms with E-state index in [9.17, 15) is 4.79 Å². The Hall–Kier alpha value is -1.99. The van der Waals surface area contributed by atoms with E-state index in [2.05, 4.69) is 33.1 Å². The lowest BCUT2D eigenvalue weighted by Gasteiger charge is -2.35. The predicted octanol–water partition coefficient (Wildman–Crippen LogP) is 4.33. The van der Waals surface area contributed by atoms with Crippen LogP contribution in [0.25, 0.3) is 11.1 Å². The summed E-state index contributed by atoms with van der Waals surface area (Å²) >= 11 is 3.32. The molecule has 7 heteroatoms. The molecule has 6 nitrogen and oxygen atoms in total. The molecule has 1 N–H and O–H groups in total. The molecule has 0 aliphatic carbocycles. The van der Waals surface area contributed by atoms with Crippen LogP contribution in [-0.4, -0.2) is 35.0 Å². The second-order valence-corrected chi connectivity index (χ2v) is 8.13. The minimum atomic E-state index is -0.109. The fourth-order valence-electron chi connectivity index (χ4n) is 3.81. The number of hydrogen-bond acceptors (Lipinski definition) is 4. The Kier molecular flexibility index (Phi) is 5.14. The fourth-order valence-corrected chi connectivity index (χ4v) is 4.20. The van der Waals surface area contributed by atoms with Crippen LogP contribution in [0.5, 0.6) is 0 Å². The molecule has 0 bridgehead atoms. The quantitative estimate of drug-likeness (QED) is 0.650. The molecular formula is C20H24BrN3O3. The Bertz CT molecular complexity index is 920. The van der Waals surface area contributed by atoms with Crippen LogP contribution in [0.4, 0.5) is 0 Å². The first-order valence-electron chi connectivity index (χ1n) is 9.33. The average molecular weight is 434 g/mol. The molecule has 27 heavy (non-hydrogen) atoms. The van der Waals surface area contributed by atoms with Crippen molar-refractivity contribution in [2.75, 3.05) is 19.6 Å². The van der Waals surface area contributed by atoms with Crippen molar-refractivity contribution in [2.24, 2.45) is 13.0 Å². The Morgan fingerprint density at radius 3 is 2.81 bits per heavy atom. The average Bonchev–Trinajstić information content (AvgIpc) is 3.35. The van der Waals surface area contributed by atoms with Crippen molar-refractivity contribution < 1.29 is 13.6 Å². The van der Waals surface area contributed by atoms with Crippen LogP contribution >= 0.6 is 15.9 Å². The molecule has 1 fully saturated rings. The van der Waals surface area contributed by atoms with Crippen LogP contribution in [0.1, 0.15) is 42.1 Å². The minimum Gasteiger partial charge on any atom is -0.468 e. The van der Waals surface area contributed by atoms with E-state index in [0.717, 1.165) is 30.3 Å². The highest BCUT2D eigenvalue weighted by molar-refractivity contribution is 9.10. The van der Waals surface area contributed by atoms with Gasteiger partial charge in [-0.15, -0.1) is 0 Å². The number of aromatic nitrogens is 1. The van der Waals surface area contributed by atoms with Gasteiger partial charge in [-0.25, -0.2) is 0 Å². The van der Waals surface area contributed by atoms with E-state index in [4.69, 9.17) is 8.83 Å². The monoisotopic (exact) mass is 433 g/mol. The summed E-state index contributed by atoms with van der Waals surface area (Å²) < 4.78 is 13.7. The van der Waals surface area contributed by atoms with Gasteiger partial charge in [-0.3, -0.25) is 9.69 Å². The molecule has 1 aliphatic rings. The number of carbonyl (C=O) groups is 1. The number of halogens is 1. The number of amides is 1. The van der Waals surface area contributed by atoms with Crippen molar-refractivity contribution in [1.82, 2.24) is 14.8 Å². The number of fused-ring (bicyclic) bond motifs is 1. The van der Waals surface area contributed by atoms with Gasteiger partial charge in [0.05, 0.1) is 17.8 Å². The van der Waals surface area contributed by atoms with Gasteiger partial charge in [0, 0.05) is 25.7 Å². The number of aryl methyl sites for hydroxylation is 1. The summed E-state index contributed by atoms with van der Waals surface area (Å²) in [6.07, 6.45) is 4.04. The number of nitrogens with one attached hydrogen (secondary N) is 1. The first-order valence-corrected chi connectivity index (χ1v) is 10.1. The number of nitrogens with zero attached hydrogens (tertiary/aromatic N) is 2. The highest BCUT2D eigenvalue weighted by Gasteiger charge is 2.27. The Morgan fingerprint density at radius 1 is 1.37 bits per heavy atom. The maximum absolute atomic E-state index is 12.8. The third kappa shape index (κ3) is 3.71. The van der Waals surface area contributed by atoms with Crippen molar-refractivity contribution in [3.8, 4) is 0 Å². The van der Waals surface area contributed by atoms with Crippen LogP contribution < -0.4 is 5.32 Å². The lowest BCUT2D eigenvalue weighted by Crippen LogP contribution is -2.42. The molecule has 144 valence electrons. The lowest BCUT2D eigenvalue weighted by atomic mass is 9.97. The van der Waals surface area contributed by atoms with Gasteiger partial charge in [0.25, 0.3) is 5.91 Å². The zero-order valence-corrected chi connectivity index (χ0v) is 17.2. The highest BCUT2D eigenvalue weighted by atomic mass is 79.9. The summed E-state index contributed by atoms with van der Waals surface area (Å²) in [5.41, 5.74) is 2.17. The van der Waals surface area contributed by atoms with E-state index < -0.39 is 0 Å². The van der Waals surface area contributed by atoms with Crippen molar-refractivity contribution in [2.45, 2.75) is 25.8 Å². The van der Waals surface area contributed by atoms with Gasteiger partial charge >= 0.3 is 0 Å². The third-order valence-corrected chi connectivity index (χ3v) is 5.91. The lowest BCUT2D eigenvalue weighted by molar-refractivity contribution is 0.0888. The van der Waals surface area contributed by atoms with Crippen molar-refractivity contribution in [3.05, 3.63) is 46.7 Å². The minimum absolute atomic E-state index is 0.0499. The van der Waals surface area contributed by atoms with Crippen LogP contribution in [0.15, 0.2) is 44.0 Å². The van der Waals surface area contributed by atoms with Crippen LogP contribution in [-0.2, 0) is 7.05 Å². The largest absolute Gasteiger partial charge is 0.468 e. The highest BCUT2D eigenvalue weighted by Crippen LogP contribution is 2.28. The zero-order valence-electron chi connectivity index (χ0n) is 15.6. The molecular weight excluding hydrogens is 410 g/mol. The smallest absolute Gasteiger partial charge is 0.268 e. The zero-order chi connectivity index (χ0) is 19.0. The van der Waals surface area contributed by atoms with Gasteiger partial charge in [-0.1, -0.05) is 6.92 Å². The summed E-state index contributed by atoms with van der Waals surface area (Å²) in [5, 5.41) is 3.09. The molecule has 0 spiro atoms. The van der Waals surface area contributed by atoms with Crippen LogP contribution in [0.2, 0.25) is 0 Å². The Balaban J connectivity index is 1.49. The van der Waals surface area contributed by atoms with E-state index in [0.29, 0.717) is 22.5 Å². The molecule has 3 aromatic heterocycles. The number of rotatable bonds is 5. The topological polar surface area (TPSA) is 63.6 Å². The number of hydrogen-bond donors (Lipinski definition) is 1. The second kappa shape index (κ2) is 7.56. The van der Waals surface area contributed by atoms with Gasteiger partial charge < -0.3 is 18.7 Å². The van der Waals surface area contributed by atoms with Gasteiger partial charge in [0.2, 0.25) is 0 Å². The molecule has 4 rings (SSSR count). The number of likely N-dealkylation sites (tertiary alicyclic amines) is 1. The molecule has 1 amide bonds. The van der Waals surface area contributed by atoms with Crippen LogP contribution in [0.3, 0.4) is 0 Å². The maximum atomic E-state index is 12.8. The normalized spacial score (nSPS) is 17.4. The molecule has 1 atom stereocenters. The van der Waals surface area contributed by atoms with Crippen molar-refractivity contribution in [3.63, 3.8) is 0 Å². The van der Waals surface area contributed by atoms with Gasteiger partial charge in [-0.05, 0) is 59.9 Å². The molecule has 4 heterocycles. The van der Waals surface area contributed by atoms with Gasteiger partial charge in [0.1, 0.15) is 11.5 Å². The summed E-state index contributed by atoms with van der Waals surface area (Å²) in [5.74, 6) is 1.54.